The standard InChI is InChI=1S/C25H19Cl2F3N2O5S/c26-15-2-1-3-16(27)19(15)20-14(21(37-32-20)25(28,29)30)11-36-13-6-8-24(35,9-7-13)23-31-17-10-12(22(33)34)4-5-18(17)38-23/h1-5,10,13,35H,6-9,11H2,(H,33,34). The van der Waals surface area contributed by atoms with Crippen LogP contribution in [-0.2, 0) is 23.1 Å². The molecule has 0 amide bonds. The molecule has 2 heterocycles. The quantitative estimate of drug-likeness (QED) is 0.244. The van der Waals surface area contributed by atoms with Crippen LogP contribution in [0.25, 0.3) is 21.5 Å². The zero-order valence-electron chi connectivity index (χ0n) is 19.4. The van der Waals surface area contributed by atoms with Gasteiger partial charge in [-0.1, -0.05) is 34.4 Å². The molecule has 2 aromatic carbocycles. The maximum atomic E-state index is 13.7. The van der Waals surface area contributed by atoms with Crippen LogP contribution in [0.1, 0.15) is 52.4 Å². The van der Waals surface area contributed by atoms with Gasteiger partial charge in [-0.05, 0) is 56.0 Å². The van der Waals surface area contributed by atoms with E-state index in [-0.39, 0.29) is 45.3 Å². The molecule has 0 spiro atoms. The van der Waals surface area contributed by atoms with E-state index >= 15 is 0 Å². The Hall–Kier alpha value is -2.70. The number of carboxylic acid groups (broad SMARTS) is 1. The molecule has 2 aromatic heterocycles. The van der Waals surface area contributed by atoms with Crippen molar-refractivity contribution in [2.75, 3.05) is 0 Å². The molecule has 0 atom stereocenters. The number of ether oxygens (including phenoxy) is 1. The molecule has 1 fully saturated rings. The Morgan fingerprint density at radius 3 is 2.50 bits per heavy atom. The first-order chi connectivity index (χ1) is 18.0. The minimum atomic E-state index is -4.81. The average molecular weight is 587 g/mol. The van der Waals surface area contributed by atoms with Crippen LogP contribution in [-0.4, -0.2) is 32.4 Å². The Balaban J connectivity index is 1.32. The van der Waals surface area contributed by atoms with Crippen molar-refractivity contribution < 1.29 is 37.4 Å². The van der Waals surface area contributed by atoms with Crippen molar-refractivity contribution >= 4 is 50.7 Å². The van der Waals surface area contributed by atoms with Crippen molar-refractivity contribution in [3.8, 4) is 11.3 Å². The van der Waals surface area contributed by atoms with Gasteiger partial charge in [-0.2, -0.15) is 13.2 Å². The number of aromatic carboxylic acids is 1. The van der Waals surface area contributed by atoms with Crippen molar-refractivity contribution in [1.29, 1.82) is 0 Å². The van der Waals surface area contributed by atoms with E-state index < -0.39 is 36.2 Å². The first-order valence-corrected chi connectivity index (χ1v) is 13.0. The van der Waals surface area contributed by atoms with Crippen LogP contribution >= 0.6 is 34.5 Å². The molecule has 5 rings (SSSR count). The number of alkyl halides is 3. The summed E-state index contributed by atoms with van der Waals surface area (Å²) >= 11 is 13.7. The lowest BCUT2D eigenvalue weighted by Crippen LogP contribution is -2.34. The second-order valence-electron chi connectivity index (χ2n) is 8.98. The highest BCUT2D eigenvalue weighted by atomic mass is 35.5. The van der Waals surface area contributed by atoms with Crippen molar-refractivity contribution in [3.05, 3.63) is 68.3 Å². The third-order valence-electron chi connectivity index (χ3n) is 6.50. The molecule has 38 heavy (non-hydrogen) atoms. The SMILES string of the molecule is O=C(O)c1ccc2sc(C3(O)CCC(OCc4c(-c5c(Cl)cccc5Cl)noc4C(F)(F)F)CC3)nc2c1. The fourth-order valence-corrected chi connectivity index (χ4v) is 6.16. The monoisotopic (exact) mass is 586 g/mol. The van der Waals surface area contributed by atoms with Gasteiger partial charge in [0.15, 0.2) is 0 Å². The highest BCUT2D eigenvalue weighted by Gasteiger charge is 2.42. The summed E-state index contributed by atoms with van der Waals surface area (Å²) in [6.07, 6.45) is -3.99. The summed E-state index contributed by atoms with van der Waals surface area (Å²) in [5.74, 6) is -2.36. The number of hydrogen-bond acceptors (Lipinski definition) is 7. The molecule has 0 unspecified atom stereocenters. The van der Waals surface area contributed by atoms with Crippen LogP contribution < -0.4 is 0 Å². The number of aliphatic hydroxyl groups is 1. The van der Waals surface area contributed by atoms with Gasteiger partial charge in [0.1, 0.15) is 16.3 Å². The molecule has 0 bridgehead atoms. The summed E-state index contributed by atoms with van der Waals surface area (Å²) in [6.45, 7) is -0.447. The van der Waals surface area contributed by atoms with Crippen LogP contribution in [0.5, 0.6) is 0 Å². The summed E-state index contributed by atoms with van der Waals surface area (Å²) in [6, 6.07) is 9.12. The van der Waals surface area contributed by atoms with Gasteiger partial charge in [0.2, 0.25) is 5.76 Å². The van der Waals surface area contributed by atoms with E-state index in [1.165, 1.54) is 35.6 Å². The highest BCUT2D eigenvalue weighted by Crippen LogP contribution is 2.44. The van der Waals surface area contributed by atoms with Gasteiger partial charge >= 0.3 is 12.1 Å². The summed E-state index contributed by atoms with van der Waals surface area (Å²) in [4.78, 5) is 15.7. The third kappa shape index (κ3) is 5.13. The molecule has 0 aliphatic heterocycles. The Kier molecular flexibility index (Phi) is 7.16. The van der Waals surface area contributed by atoms with Crippen molar-refractivity contribution in [3.63, 3.8) is 0 Å². The summed E-state index contributed by atoms with van der Waals surface area (Å²) in [5, 5.41) is 24.8. The molecule has 200 valence electrons. The topological polar surface area (TPSA) is 106 Å². The van der Waals surface area contributed by atoms with Crippen LogP contribution in [0.2, 0.25) is 10.0 Å². The van der Waals surface area contributed by atoms with Gasteiger partial charge in [0.25, 0.3) is 0 Å². The Labute approximate surface area is 227 Å². The smallest absolute Gasteiger partial charge is 0.452 e. The predicted octanol–water partition coefficient (Wildman–Crippen LogP) is 7.32. The van der Waals surface area contributed by atoms with Crippen LogP contribution in [0.15, 0.2) is 40.9 Å². The lowest BCUT2D eigenvalue weighted by Gasteiger charge is -2.34. The number of rotatable bonds is 6. The van der Waals surface area contributed by atoms with Crippen LogP contribution in [0.4, 0.5) is 13.2 Å². The van der Waals surface area contributed by atoms with Gasteiger partial charge in [0.05, 0.1) is 44.1 Å². The molecule has 0 radical (unpaired) electrons. The lowest BCUT2D eigenvalue weighted by atomic mass is 9.83. The van der Waals surface area contributed by atoms with Crippen LogP contribution in [0, 0.1) is 0 Å². The largest absolute Gasteiger partial charge is 0.478 e. The average Bonchev–Trinajstić information content (AvgIpc) is 3.48. The Bertz CT molecular complexity index is 1490. The van der Waals surface area contributed by atoms with Crippen molar-refractivity contribution in [1.82, 2.24) is 10.1 Å². The minimum Gasteiger partial charge on any atom is -0.478 e. The zero-order chi connectivity index (χ0) is 27.2. The van der Waals surface area contributed by atoms with Gasteiger partial charge in [0, 0.05) is 5.56 Å². The number of fused-ring (bicyclic) bond motifs is 1. The molecule has 1 aliphatic rings. The second kappa shape index (κ2) is 10.1. The van der Waals surface area contributed by atoms with Gasteiger partial charge in [-0.3, -0.25) is 0 Å². The third-order valence-corrected chi connectivity index (χ3v) is 8.36. The first kappa shape index (κ1) is 26.9. The Morgan fingerprint density at radius 2 is 1.87 bits per heavy atom. The van der Waals surface area contributed by atoms with E-state index in [4.69, 9.17) is 27.9 Å². The zero-order valence-corrected chi connectivity index (χ0v) is 21.7. The molecule has 4 aromatic rings. The number of nitrogens with zero attached hydrogens (tertiary/aromatic N) is 2. The van der Waals surface area contributed by atoms with Crippen molar-refractivity contribution in [2.45, 2.75) is 50.2 Å². The molecule has 1 aliphatic carbocycles. The number of benzene rings is 2. The lowest BCUT2D eigenvalue weighted by molar-refractivity contribution is -0.157. The minimum absolute atomic E-state index is 0.0999. The van der Waals surface area contributed by atoms with E-state index in [0.717, 1.165) is 4.70 Å². The number of carbonyl (C=O) groups is 1. The summed E-state index contributed by atoms with van der Waals surface area (Å²) in [5.41, 5.74) is -1.01. The fraction of sp³-hybridized carbons (Fsp3) is 0.320. The number of thiazole rings is 1. The van der Waals surface area contributed by atoms with Crippen LogP contribution in [0.3, 0.4) is 0 Å². The van der Waals surface area contributed by atoms with Crippen molar-refractivity contribution in [2.24, 2.45) is 0 Å². The number of hydrogen-bond donors (Lipinski definition) is 2. The van der Waals surface area contributed by atoms with E-state index in [1.54, 1.807) is 12.1 Å². The van der Waals surface area contributed by atoms with Gasteiger partial charge < -0.3 is 19.5 Å². The summed E-state index contributed by atoms with van der Waals surface area (Å²) in [7, 11) is 0. The molecular formula is C25H19Cl2F3N2O5S. The molecular weight excluding hydrogens is 568 g/mol. The molecule has 2 N–H and O–H groups in total. The van der Waals surface area contributed by atoms with Gasteiger partial charge in [-0.15, -0.1) is 11.3 Å². The fourth-order valence-electron chi connectivity index (χ4n) is 4.50. The van der Waals surface area contributed by atoms with Gasteiger partial charge in [-0.25, -0.2) is 9.78 Å². The number of carboxylic acids is 1. The molecule has 7 nitrogen and oxygen atoms in total. The normalized spacial score (nSPS) is 20.2. The number of aromatic nitrogens is 2. The molecule has 0 saturated heterocycles. The van der Waals surface area contributed by atoms with E-state index in [0.29, 0.717) is 23.4 Å². The highest BCUT2D eigenvalue weighted by molar-refractivity contribution is 7.18. The second-order valence-corrected chi connectivity index (χ2v) is 10.8. The van der Waals surface area contributed by atoms with E-state index in [9.17, 15) is 28.2 Å². The molecule has 13 heteroatoms. The van der Waals surface area contributed by atoms with E-state index in [2.05, 4.69) is 14.7 Å². The maximum Gasteiger partial charge on any atom is 0.452 e. The van der Waals surface area contributed by atoms with E-state index in [1.807, 2.05) is 0 Å². The summed E-state index contributed by atoms with van der Waals surface area (Å²) < 4.78 is 52.2. The number of halogens is 5. The molecule has 1 saturated carbocycles. The maximum absolute atomic E-state index is 13.7. The Morgan fingerprint density at radius 1 is 1.18 bits per heavy atom. The first-order valence-electron chi connectivity index (χ1n) is 11.4. The predicted molar refractivity (Wildman–Crippen MR) is 134 cm³/mol.